The number of hydrogen-bond donors (Lipinski definition) is 7. The number of halogens is 3. The average molecular weight is 418 g/mol. The Hall–Kier alpha value is -1.08. The number of aliphatic hydroxyl groups excluding tert-OH is 4. The molecule has 1 heterocycles. The van der Waals surface area contributed by atoms with Gasteiger partial charge in [-0.05, 0) is 24.6 Å². The lowest BCUT2D eigenvalue weighted by molar-refractivity contribution is -0.361. The standard InChI is InChI=1S/C14H18F3O9P/c1-5-4-6(14(15,16)17)2-3-7(5)13(22)11(20)9(19)8(18)10(26-13)12(21)27(23,24)25/h2-4,8-12,18-22H,1H3,(H2,23,24,25)/t8-,9-,10-,11-,12?,13?/m0/s1. The maximum Gasteiger partial charge on any atom is 0.416 e. The quantitative estimate of drug-likeness (QED) is 0.309. The highest BCUT2D eigenvalue weighted by atomic mass is 31.2. The molecule has 1 fully saturated rings. The molecule has 1 saturated heterocycles. The maximum absolute atomic E-state index is 12.8. The van der Waals surface area contributed by atoms with E-state index in [-0.39, 0.29) is 5.56 Å². The van der Waals surface area contributed by atoms with Crippen LogP contribution in [0, 0.1) is 6.92 Å². The van der Waals surface area contributed by atoms with Crippen LogP contribution in [-0.4, -0.2) is 65.6 Å². The summed E-state index contributed by atoms with van der Waals surface area (Å²) in [4.78, 5) is 18.1. The molecular formula is C14H18F3O9P. The number of hydrogen-bond acceptors (Lipinski definition) is 7. The summed E-state index contributed by atoms with van der Waals surface area (Å²) in [7, 11) is -5.28. The van der Waals surface area contributed by atoms with Crippen LogP contribution >= 0.6 is 7.60 Å². The highest BCUT2D eigenvalue weighted by Crippen LogP contribution is 2.47. The summed E-state index contributed by atoms with van der Waals surface area (Å²) in [5.41, 5.74) is -1.78. The molecule has 1 aliphatic rings. The van der Waals surface area contributed by atoms with Gasteiger partial charge in [-0.15, -0.1) is 0 Å². The zero-order valence-electron chi connectivity index (χ0n) is 13.6. The van der Waals surface area contributed by atoms with Gasteiger partial charge < -0.3 is 40.1 Å². The Morgan fingerprint density at radius 3 is 2.19 bits per heavy atom. The van der Waals surface area contributed by atoms with E-state index < -0.39 is 60.9 Å². The van der Waals surface area contributed by atoms with Crippen LogP contribution in [0.1, 0.15) is 16.7 Å². The van der Waals surface area contributed by atoms with Crippen molar-refractivity contribution in [3.05, 3.63) is 34.9 Å². The summed E-state index contributed by atoms with van der Waals surface area (Å²) in [5.74, 6) is -5.65. The topological polar surface area (TPSA) is 168 Å². The van der Waals surface area contributed by atoms with Crippen molar-refractivity contribution in [2.24, 2.45) is 0 Å². The maximum atomic E-state index is 12.8. The second-order valence-electron chi connectivity index (χ2n) is 6.24. The highest BCUT2D eigenvalue weighted by molar-refractivity contribution is 7.52. The van der Waals surface area contributed by atoms with Crippen LogP contribution in [0.25, 0.3) is 0 Å². The molecule has 1 aromatic rings. The summed E-state index contributed by atoms with van der Waals surface area (Å²) >= 11 is 0. The Kier molecular flexibility index (Phi) is 5.81. The normalized spacial score (nSPS) is 33.7. The Bertz CT molecular complexity index is 752. The van der Waals surface area contributed by atoms with Crippen molar-refractivity contribution < 1.29 is 57.8 Å². The number of aryl methyl sites for hydroxylation is 1. The molecular weight excluding hydrogens is 400 g/mol. The lowest BCUT2D eigenvalue weighted by atomic mass is 9.86. The van der Waals surface area contributed by atoms with Gasteiger partial charge in [-0.3, -0.25) is 4.57 Å². The van der Waals surface area contributed by atoms with E-state index in [4.69, 9.17) is 14.5 Å². The molecule has 9 nitrogen and oxygen atoms in total. The number of alkyl halides is 3. The SMILES string of the molecule is Cc1cc(C(F)(F)F)ccc1C1(O)O[C@H](C(O)P(=O)(O)O)[C@@H](O)[C@H](O)[C@@H]1O. The van der Waals surface area contributed by atoms with E-state index in [2.05, 4.69) is 0 Å². The molecule has 0 amide bonds. The van der Waals surface area contributed by atoms with Gasteiger partial charge in [0.2, 0.25) is 5.79 Å². The third-order valence-corrected chi connectivity index (χ3v) is 5.29. The Labute approximate surface area is 150 Å². The minimum atomic E-state index is -5.28. The third kappa shape index (κ3) is 4.04. The molecule has 0 aromatic heterocycles. The summed E-state index contributed by atoms with van der Waals surface area (Å²) < 4.78 is 54.5. The smallest absolute Gasteiger partial charge is 0.387 e. The van der Waals surface area contributed by atoms with Gasteiger partial charge in [-0.1, -0.05) is 6.07 Å². The number of benzene rings is 1. The van der Waals surface area contributed by atoms with Gasteiger partial charge in [0.25, 0.3) is 0 Å². The molecule has 154 valence electrons. The van der Waals surface area contributed by atoms with E-state index in [1.165, 1.54) is 0 Å². The fourth-order valence-corrected chi connectivity index (χ4v) is 3.47. The van der Waals surface area contributed by atoms with Gasteiger partial charge in [-0.2, -0.15) is 13.2 Å². The first-order valence-electron chi connectivity index (χ1n) is 7.46. The van der Waals surface area contributed by atoms with Gasteiger partial charge in [0.1, 0.15) is 24.4 Å². The van der Waals surface area contributed by atoms with Crippen molar-refractivity contribution in [1.82, 2.24) is 0 Å². The molecule has 1 aliphatic heterocycles. The van der Waals surface area contributed by atoms with Gasteiger partial charge in [0.15, 0.2) is 5.85 Å². The number of ether oxygens (including phenoxy) is 1. The predicted molar refractivity (Wildman–Crippen MR) is 81.0 cm³/mol. The van der Waals surface area contributed by atoms with Crippen molar-refractivity contribution >= 4 is 7.60 Å². The molecule has 6 atom stereocenters. The van der Waals surface area contributed by atoms with Crippen molar-refractivity contribution in [1.29, 1.82) is 0 Å². The van der Waals surface area contributed by atoms with E-state index in [0.717, 1.165) is 13.0 Å². The number of aliphatic hydroxyl groups is 5. The van der Waals surface area contributed by atoms with Gasteiger partial charge in [0, 0.05) is 5.56 Å². The Balaban J connectivity index is 2.52. The van der Waals surface area contributed by atoms with Crippen LogP contribution in [0.3, 0.4) is 0 Å². The van der Waals surface area contributed by atoms with Crippen LogP contribution in [0.5, 0.6) is 0 Å². The lowest BCUT2D eigenvalue weighted by Gasteiger charge is -2.47. The molecule has 0 saturated carbocycles. The van der Waals surface area contributed by atoms with Crippen molar-refractivity contribution in [2.45, 2.75) is 49.1 Å². The van der Waals surface area contributed by atoms with E-state index in [9.17, 15) is 43.3 Å². The second kappa shape index (κ2) is 7.07. The molecule has 0 radical (unpaired) electrons. The summed E-state index contributed by atoms with van der Waals surface area (Å²) in [6.07, 6.45) is -13.7. The van der Waals surface area contributed by atoms with Crippen molar-refractivity contribution in [2.75, 3.05) is 0 Å². The Morgan fingerprint density at radius 2 is 1.74 bits per heavy atom. The molecule has 0 spiro atoms. The zero-order valence-corrected chi connectivity index (χ0v) is 14.5. The molecule has 1 aromatic carbocycles. The molecule has 0 aliphatic carbocycles. The highest BCUT2D eigenvalue weighted by Gasteiger charge is 2.58. The zero-order chi connectivity index (χ0) is 20.9. The predicted octanol–water partition coefficient (Wildman–Crippen LogP) is -0.863. The van der Waals surface area contributed by atoms with Crippen LogP contribution < -0.4 is 0 Å². The Morgan fingerprint density at radius 1 is 1.19 bits per heavy atom. The van der Waals surface area contributed by atoms with E-state index in [1.54, 1.807) is 0 Å². The third-order valence-electron chi connectivity index (χ3n) is 4.30. The fraction of sp³-hybridized carbons (Fsp3) is 0.571. The number of rotatable bonds is 3. The minimum absolute atomic E-state index is 0.237. The molecule has 2 unspecified atom stereocenters. The van der Waals surface area contributed by atoms with Crippen LogP contribution in [0.4, 0.5) is 13.2 Å². The molecule has 27 heavy (non-hydrogen) atoms. The molecule has 7 N–H and O–H groups in total. The first kappa shape index (κ1) is 22.2. The van der Waals surface area contributed by atoms with Gasteiger partial charge in [0.05, 0.1) is 5.56 Å². The molecule has 13 heteroatoms. The first-order chi connectivity index (χ1) is 12.1. The summed E-state index contributed by atoms with van der Waals surface area (Å²) in [6, 6.07) is 1.92. The molecule has 2 rings (SSSR count). The average Bonchev–Trinajstić information content (AvgIpc) is 2.54. The first-order valence-corrected chi connectivity index (χ1v) is 9.15. The van der Waals surface area contributed by atoms with Gasteiger partial charge in [-0.25, -0.2) is 0 Å². The van der Waals surface area contributed by atoms with Gasteiger partial charge >= 0.3 is 13.8 Å². The van der Waals surface area contributed by atoms with Crippen molar-refractivity contribution in [3.8, 4) is 0 Å². The van der Waals surface area contributed by atoms with Crippen LogP contribution in [0.2, 0.25) is 0 Å². The monoisotopic (exact) mass is 418 g/mol. The van der Waals surface area contributed by atoms with E-state index in [0.29, 0.717) is 12.1 Å². The fourth-order valence-electron chi connectivity index (χ4n) is 2.85. The largest absolute Gasteiger partial charge is 0.416 e. The minimum Gasteiger partial charge on any atom is -0.387 e. The van der Waals surface area contributed by atoms with Crippen molar-refractivity contribution in [3.63, 3.8) is 0 Å². The lowest BCUT2D eigenvalue weighted by Crippen LogP contribution is -2.65. The van der Waals surface area contributed by atoms with Crippen LogP contribution in [-0.2, 0) is 21.3 Å². The second-order valence-corrected chi connectivity index (χ2v) is 7.94. The molecule has 0 bridgehead atoms. The summed E-state index contributed by atoms with van der Waals surface area (Å²) in [5, 5.41) is 50.2. The van der Waals surface area contributed by atoms with Crippen LogP contribution in [0.15, 0.2) is 18.2 Å². The summed E-state index contributed by atoms with van der Waals surface area (Å²) in [6.45, 7) is 1.13. The van der Waals surface area contributed by atoms with E-state index >= 15 is 0 Å². The van der Waals surface area contributed by atoms with E-state index in [1.807, 2.05) is 0 Å².